The first kappa shape index (κ1) is 14.2. The lowest BCUT2D eigenvalue weighted by Gasteiger charge is -2.07. The van der Waals surface area contributed by atoms with Crippen molar-refractivity contribution in [3.8, 4) is 22.1 Å². The minimum Gasteiger partial charge on any atom is -0.493 e. The number of nitrogens with two attached hydrogens (primary N) is 1. The highest BCUT2D eigenvalue weighted by Crippen LogP contribution is 2.34. The molecule has 106 valence electrons. The van der Waals surface area contributed by atoms with Crippen LogP contribution in [-0.2, 0) is 4.79 Å². The number of benzene rings is 1. The third kappa shape index (κ3) is 3.03. The maximum atomic E-state index is 11.2. The first-order valence-electron chi connectivity index (χ1n) is 5.73. The van der Waals surface area contributed by atoms with Crippen LogP contribution in [0.25, 0.3) is 10.6 Å². The standard InChI is InChI=1S/C12H14N4O3S/c1-18-8-4-3-7(5-9(8)19-2)11-15-16-12(20-11)14-10(17)6-13/h3-5H,6,13H2,1-2H3,(H,14,16,17). The van der Waals surface area contributed by atoms with Crippen molar-refractivity contribution in [2.75, 3.05) is 26.1 Å². The molecule has 0 aliphatic carbocycles. The van der Waals surface area contributed by atoms with E-state index in [1.165, 1.54) is 11.3 Å². The number of amides is 1. The Morgan fingerprint density at radius 1 is 1.30 bits per heavy atom. The maximum Gasteiger partial charge on any atom is 0.239 e. The SMILES string of the molecule is COc1ccc(-c2nnc(NC(=O)CN)s2)cc1OC. The minimum absolute atomic E-state index is 0.0920. The minimum atomic E-state index is -0.306. The van der Waals surface area contributed by atoms with Crippen molar-refractivity contribution in [3.63, 3.8) is 0 Å². The number of ether oxygens (including phenoxy) is 2. The highest BCUT2D eigenvalue weighted by atomic mass is 32.1. The van der Waals surface area contributed by atoms with Gasteiger partial charge in [-0.25, -0.2) is 0 Å². The highest BCUT2D eigenvalue weighted by molar-refractivity contribution is 7.18. The van der Waals surface area contributed by atoms with Gasteiger partial charge in [0.15, 0.2) is 11.5 Å². The fourth-order valence-corrected chi connectivity index (χ4v) is 2.29. The van der Waals surface area contributed by atoms with Crippen LogP contribution in [0.4, 0.5) is 5.13 Å². The van der Waals surface area contributed by atoms with Crippen LogP contribution in [0, 0.1) is 0 Å². The molecule has 7 nitrogen and oxygen atoms in total. The number of aromatic nitrogens is 2. The molecule has 2 rings (SSSR count). The van der Waals surface area contributed by atoms with Gasteiger partial charge in [0.1, 0.15) is 5.01 Å². The summed E-state index contributed by atoms with van der Waals surface area (Å²) in [7, 11) is 3.14. The summed E-state index contributed by atoms with van der Waals surface area (Å²) in [4.78, 5) is 11.2. The van der Waals surface area contributed by atoms with Crippen LogP contribution in [-0.4, -0.2) is 36.9 Å². The summed E-state index contributed by atoms with van der Waals surface area (Å²) >= 11 is 1.26. The molecule has 0 fully saturated rings. The van der Waals surface area contributed by atoms with E-state index in [1.807, 2.05) is 6.07 Å². The lowest BCUT2D eigenvalue weighted by Crippen LogP contribution is -2.21. The van der Waals surface area contributed by atoms with E-state index >= 15 is 0 Å². The number of anilines is 1. The molecule has 0 saturated heterocycles. The van der Waals surface area contributed by atoms with Gasteiger partial charge in [0.25, 0.3) is 0 Å². The van der Waals surface area contributed by atoms with Gasteiger partial charge in [-0.1, -0.05) is 11.3 Å². The molecule has 0 aliphatic rings. The third-order valence-corrected chi connectivity index (χ3v) is 3.37. The molecular formula is C12H14N4O3S. The molecule has 1 amide bonds. The van der Waals surface area contributed by atoms with Gasteiger partial charge in [-0.3, -0.25) is 10.1 Å². The van der Waals surface area contributed by atoms with Crippen molar-refractivity contribution in [2.45, 2.75) is 0 Å². The quantitative estimate of drug-likeness (QED) is 0.857. The van der Waals surface area contributed by atoms with Gasteiger partial charge in [0.05, 0.1) is 20.8 Å². The molecular weight excluding hydrogens is 280 g/mol. The van der Waals surface area contributed by atoms with Crippen LogP contribution in [0.2, 0.25) is 0 Å². The number of methoxy groups -OCH3 is 2. The lowest BCUT2D eigenvalue weighted by atomic mass is 10.2. The molecule has 0 aliphatic heterocycles. The van der Waals surface area contributed by atoms with E-state index in [9.17, 15) is 4.79 Å². The fraction of sp³-hybridized carbons (Fsp3) is 0.250. The second-order valence-corrected chi connectivity index (χ2v) is 4.71. The van der Waals surface area contributed by atoms with Crippen molar-refractivity contribution < 1.29 is 14.3 Å². The van der Waals surface area contributed by atoms with Gasteiger partial charge < -0.3 is 15.2 Å². The van der Waals surface area contributed by atoms with Crippen molar-refractivity contribution in [3.05, 3.63) is 18.2 Å². The van der Waals surface area contributed by atoms with Crippen molar-refractivity contribution in [2.24, 2.45) is 5.73 Å². The second-order valence-electron chi connectivity index (χ2n) is 3.73. The summed E-state index contributed by atoms with van der Waals surface area (Å²) in [5, 5.41) is 11.5. The summed E-state index contributed by atoms with van der Waals surface area (Å²) in [6.45, 7) is -0.0920. The first-order valence-corrected chi connectivity index (χ1v) is 6.55. The Bertz CT molecular complexity index is 614. The Morgan fingerprint density at radius 3 is 2.70 bits per heavy atom. The first-order chi connectivity index (χ1) is 9.67. The summed E-state index contributed by atoms with van der Waals surface area (Å²) in [6.07, 6.45) is 0. The molecule has 0 saturated carbocycles. The van der Waals surface area contributed by atoms with Gasteiger partial charge >= 0.3 is 0 Å². The van der Waals surface area contributed by atoms with Crippen molar-refractivity contribution >= 4 is 22.4 Å². The second kappa shape index (κ2) is 6.31. The number of carbonyl (C=O) groups excluding carboxylic acids is 1. The largest absolute Gasteiger partial charge is 0.493 e. The van der Waals surface area contributed by atoms with Crippen LogP contribution >= 0.6 is 11.3 Å². The average molecular weight is 294 g/mol. The fourth-order valence-electron chi connectivity index (χ4n) is 1.53. The molecule has 0 unspecified atom stereocenters. The van der Waals surface area contributed by atoms with E-state index in [0.717, 1.165) is 5.56 Å². The summed E-state index contributed by atoms with van der Waals surface area (Å²) < 4.78 is 10.4. The van der Waals surface area contributed by atoms with Gasteiger partial charge in [0, 0.05) is 5.56 Å². The Kier molecular flexibility index (Phi) is 4.49. The Hall–Kier alpha value is -2.19. The summed E-state index contributed by atoms with van der Waals surface area (Å²) in [5.74, 6) is 0.935. The number of carbonyl (C=O) groups is 1. The number of nitrogens with zero attached hydrogens (tertiary/aromatic N) is 2. The van der Waals surface area contributed by atoms with Gasteiger partial charge in [-0.2, -0.15) is 0 Å². The molecule has 20 heavy (non-hydrogen) atoms. The van der Waals surface area contributed by atoms with Crippen LogP contribution in [0.1, 0.15) is 0 Å². The molecule has 0 radical (unpaired) electrons. The van der Waals surface area contributed by atoms with E-state index in [-0.39, 0.29) is 12.5 Å². The van der Waals surface area contributed by atoms with E-state index < -0.39 is 0 Å². The van der Waals surface area contributed by atoms with Crippen LogP contribution in [0.15, 0.2) is 18.2 Å². The summed E-state index contributed by atoms with van der Waals surface area (Å²) in [6, 6.07) is 5.43. The smallest absolute Gasteiger partial charge is 0.239 e. The monoisotopic (exact) mass is 294 g/mol. The van der Waals surface area contributed by atoms with Crippen molar-refractivity contribution in [1.82, 2.24) is 10.2 Å². The predicted octanol–water partition coefficient (Wildman–Crippen LogP) is 1.12. The Morgan fingerprint density at radius 2 is 2.05 bits per heavy atom. The number of hydrogen-bond acceptors (Lipinski definition) is 7. The third-order valence-electron chi connectivity index (χ3n) is 2.49. The zero-order valence-electron chi connectivity index (χ0n) is 11.0. The average Bonchev–Trinajstić information content (AvgIpc) is 2.94. The van der Waals surface area contributed by atoms with Crippen LogP contribution in [0.3, 0.4) is 0 Å². The van der Waals surface area contributed by atoms with Crippen LogP contribution < -0.4 is 20.5 Å². The normalized spacial score (nSPS) is 10.2. The Labute approximate surface area is 119 Å². The molecule has 0 bridgehead atoms. The molecule has 1 heterocycles. The lowest BCUT2D eigenvalue weighted by molar-refractivity contribution is -0.114. The molecule has 0 atom stereocenters. The summed E-state index contributed by atoms with van der Waals surface area (Å²) in [5.41, 5.74) is 6.05. The maximum absolute atomic E-state index is 11.2. The molecule has 0 spiro atoms. The number of nitrogens with one attached hydrogen (secondary N) is 1. The van der Waals surface area contributed by atoms with E-state index in [2.05, 4.69) is 15.5 Å². The number of rotatable bonds is 5. The predicted molar refractivity (Wildman–Crippen MR) is 76.1 cm³/mol. The molecule has 2 aromatic rings. The van der Waals surface area contributed by atoms with Crippen molar-refractivity contribution in [1.29, 1.82) is 0 Å². The topological polar surface area (TPSA) is 99.4 Å². The van der Waals surface area contributed by atoms with E-state index in [0.29, 0.717) is 21.6 Å². The van der Waals surface area contributed by atoms with E-state index in [4.69, 9.17) is 15.2 Å². The number of hydrogen-bond donors (Lipinski definition) is 2. The van der Waals surface area contributed by atoms with Gasteiger partial charge in [-0.15, -0.1) is 10.2 Å². The van der Waals surface area contributed by atoms with Gasteiger partial charge in [0.2, 0.25) is 11.0 Å². The van der Waals surface area contributed by atoms with Crippen LogP contribution in [0.5, 0.6) is 11.5 Å². The zero-order chi connectivity index (χ0) is 14.5. The molecule has 1 aromatic heterocycles. The Balaban J connectivity index is 2.25. The molecule has 3 N–H and O–H groups in total. The molecule has 1 aromatic carbocycles. The highest BCUT2D eigenvalue weighted by Gasteiger charge is 2.11. The zero-order valence-corrected chi connectivity index (χ0v) is 11.9. The van der Waals surface area contributed by atoms with Gasteiger partial charge in [-0.05, 0) is 18.2 Å². The van der Waals surface area contributed by atoms with E-state index in [1.54, 1.807) is 26.4 Å². The molecule has 8 heteroatoms.